The van der Waals surface area contributed by atoms with E-state index in [1.54, 1.807) is 6.92 Å². The van der Waals surface area contributed by atoms with Gasteiger partial charge in [0, 0.05) is 13.1 Å². The zero-order valence-corrected chi connectivity index (χ0v) is 12.1. The van der Waals surface area contributed by atoms with Crippen LogP contribution in [0.25, 0.3) is 0 Å². The summed E-state index contributed by atoms with van der Waals surface area (Å²) in [5.74, 6) is -0.428. The predicted molar refractivity (Wildman–Crippen MR) is 74.4 cm³/mol. The fourth-order valence-corrected chi connectivity index (χ4v) is 1.86. The van der Waals surface area contributed by atoms with E-state index < -0.39 is 17.5 Å². The summed E-state index contributed by atoms with van der Waals surface area (Å²) in [4.78, 5) is 5.05. The first kappa shape index (κ1) is 17.2. The van der Waals surface area contributed by atoms with E-state index in [1.165, 1.54) is 18.7 Å². The summed E-state index contributed by atoms with van der Waals surface area (Å²) < 4.78 is 38.4. The highest BCUT2D eigenvalue weighted by Gasteiger charge is 2.34. The average molecular weight is 304 g/mol. The molecule has 0 saturated carbocycles. The van der Waals surface area contributed by atoms with Gasteiger partial charge in [-0.1, -0.05) is 0 Å². The Morgan fingerprint density at radius 3 is 2.33 bits per heavy atom. The Balaban J connectivity index is 3.37. The molecule has 0 aliphatic rings. The number of nitrogens with zero attached hydrogens (tertiary/aromatic N) is 2. The molecule has 0 fully saturated rings. The highest BCUT2D eigenvalue weighted by Crippen LogP contribution is 2.30. The Bertz CT molecular complexity index is 523. The monoisotopic (exact) mass is 304 g/mol. The van der Waals surface area contributed by atoms with E-state index >= 15 is 0 Å². The van der Waals surface area contributed by atoms with E-state index in [-0.39, 0.29) is 23.8 Å². The Hall–Kier alpha value is -1.83. The molecule has 1 aromatic heterocycles. The van der Waals surface area contributed by atoms with Crippen molar-refractivity contribution in [2.75, 3.05) is 18.0 Å². The van der Waals surface area contributed by atoms with Gasteiger partial charge >= 0.3 is 6.18 Å². The van der Waals surface area contributed by atoms with Gasteiger partial charge in [0.25, 0.3) is 0 Å². The maximum Gasteiger partial charge on any atom is 0.433 e. The minimum absolute atomic E-state index is 0.0537. The molecule has 1 aromatic rings. The molecule has 0 atom stereocenters. The maximum absolute atomic E-state index is 12.8. The van der Waals surface area contributed by atoms with Crippen LogP contribution in [0.1, 0.15) is 32.0 Å². The van der Waals surface area contributed by atoms with Gasteiger partial charge in [-0.3, -0.25) is 5.41 Å². The van der Waals surface area contributed by atoms with Crippen molar-refractivity contribution in [2.24, 2.45) is 5.73 Å². The molecule has 5 nitrogen and oxygen atoms in total. The number of aromatic nitrogens is 1. The zero-order chi connectivity index (χ0) is 16.4. The Morgan fingerprint density at radius 2 is 1.95 bits per heavy atom. The van der Waals surface area contributed by atoms with Crippen LogP contribution in [0.3, 0.4) is 0 Å². The molecule has 0 spiro atoms. The number of rotatable bonds is 5. The van der Waals surface area contributed by atoms with Gasteiger partial charge in [0.1, 0.15) is 17.3 Å². The SMILES string of the molecule is CCN(CC(C)(C)O)c1nc(C(F)(F)F)ccc1C(=N)N. The number of likely N-dealkylation sites (N-methyl/N-ethyl adjacent to an activating group) is 1. The summed E-state index contributed by atoms with van der Waals surface area (Å²) in [7, 11) is 0. The van der Waals surface area contributed by atoms with Crippen molar-refractivity contribution < 1.29 is 18.3 Å². The van der Waals surface area contributed by atoms with Crippen LogP contribution in [0.5, 0.6) is 0 Å². The molecular weight excluding hydrogens is 285 g/mol. The van der Waals surface area contributed by atoms with Crippen LogP contribution in [0.2, 0.25) is 0 Å². The highest BCUT2D eigenvalue weighted by atomic mass is 19.4. The van der Waals surface area contributed by atoms with Crippen LogP contribution >= 0.6 is 0 Å². The van der Waals surface area contributed by atoms with E-state index in [2.05, 4.69) is 4.98 Å². The number of nitrogens with two attached hydrogens (primary N) is 1. The molecular formula is C13H19F3N4O. The standard InChI is InChI=1S/C13H19F3N4O/c1-4-20(7-12(2,3)21)11-8(10(17)18)5-6-9(19-11)13(14,15)16/h5-6,21H,4,7H2,1-3H3,(H3,17,18). The van der Waals surface area contributed by atoms with Crippen molar-refractivity contribution in [3.05, 3.63) is 23.4 Å². The summed E-state index contributed by atoms with van der Waals surface area (Å²) in [5, 5.41) is 17.3. The van der Waals surface area contributed by atoms with Crippen LogP contribution in [-0.4, -0.2) is 34.6 Å². The van der Waals surface area contributed by atoms with E-state index in [4.69, 9.17) is 11.1 Å². The number of pyridine rings is 1. The molecule has 0 unspecified atom stereocenters. The Kier molecular flexibility index (Phi) is 4.83. The van der Waals surface area contributed by atoms with Crippen LogP contribution in [-0.2, 0) is 6.18 Å². The third kappa shape index (κ3) is 4.59. The van der Waals surface area contributed by atoms with Gasteiger partial charge in [0.05, 0.1) is 11.2 Å². The predicted octanol–water partition coefficient (Wildman–Crippen LogP) is 1.98. The first-order valence-corrected chi connectivity index (χ1v) is 6.35. The molecule has 0 aliphatic carbocycles. The van der Waals surface area contributed by atoms with Gasteiger partial charge in [-0.2, -0.15) is 13.2 Å². The van der Waals surface area contributed by atoms with E-state index in [0.29, 0.717) is 6.54 Å². The summed E-state index contributed by atoms with van der Waals surface area (Å²) >= 11 is 0. The second kappa shape index (κ2) is 5.88. The quantitative estimate of drug-likeness (QED) is 0.573. The molecule has 4 N–H and O–H groups in total. The lowest BCUT2D eigenvalue weighted by atomic mass is 10.1. The average Bonchev–Trinajstić information content (AvgIpc) is 2.33. The van der Waals surface area contributed by atoms with Crippen LogP contribution in [0.15, 0.2) is 12.1 Å². The molecule has 0 aromatic carbocycles. The summed E-state index contributed by atoms with van der Waals surface area (Å²) in [6, 6.07) is 1.92. The Morgan fingerprint density at radius 1 is 1.38 bits per heavy atom. The van der Waals surface area contributed by atoms with Crippen molar-refractivity contribution in [1.82, 2.24) is 4.98 Å². The lowest BCUT2D eigenvalue weighted by molar-refractivity contribution is -0.141. The fraction of sp³-hybridized carbons (Fsp3) is 0.538. The van der Waals surface area contributed by atoms with Gasteiger partial charge in [0.2, 0.25) is 0 Å². The molecule has 1 rings (SSSR count). The van der Waals surface area contributed by atoms with Crippen molar-refractivity contribution in [3.8, 4) is 0 Å². The second-order valence-electron chi connectivity index (χ2n) is 5.31. The van der Waals surface area contributed by atoms with Gasteiger partial charge < -0.3 is 15.7 Å². The summed E-state index contributed by atoms with van der Waals surface area (Å²) in [6.45, 7) is 5.18. The van der Waals surface area contributed by atoms with Gasteiger partial charge in [0.15, 0.2) is 0 Å². The summed E-state index contributed by atoms with van der Waals surface area (Å²) in [6.07, 6.45) is -4.59. The number of alkyl halides is 3. The number of amidine groups is 1. The smallest absolute Gasteiger partial charge is 0.389 e. The van der Waals surface area contributed by atoms with E-state index in [1.807, 2.05) is 0 Å². The maximum atomic E-state index is 12.8. The zero-order valence-electron chi connectivity index (χ0n) is 12.1. The molecule has 0 saturated heterocycles. The van der Waals surface area contributed by atoms with Crippen LogP contribution < -0.4 is 10.6 Å². The second-order valence-corrected chi connectivity index (χ2v) is 5.31. The van der Waals surface area contributed by atoms with Gasteiger partial charge in [-0.15, -0.1) is 0 Å². The minimum Gasteiger partial charge on any atom is -0.389 e. The van der Waals surface area contributed by atoms with Gasteiger partial charge in [-0.25, -0.2) is 4.98 Å². The third-order valence-corrected chi connectivity index (χ3v) is 2.71. The highest BCUT2D eigenvalue weighted by molar-refractivity contribution is 5.99. The third-order valence-electron chi connectivity index (χ3n) is 2.71. The van der Waals surface area contributed by atoms with Crippen molar-refractivity contribution in [1.29, 1.82) is 5.41 Å². The molecule has 0 amide bonds. The molecule has 118 valence electrons. The van der Waals surface area contributed by atoms with Crippen LogP contribution in [0.4, 0.5) is 19.0 Å². The number of hydrogen-bond acceptors (Lipinski definition) is 4. The first-order chi connectivity index (χ1) is 9.45. The number of hydrogen-bond donors (Lipinski definition) is 3. The number of nitrogen functional groups attached to an aromatic ring is 1. The molecule has 0 bridgehead atoms. The van der Waals surface area contributed by atoms with E-state index in [0.717, 1.165) is 12.1 Å². The number of halogens is 3. The summed E-state index contributed by atoms with van der Waals surface area (Å²) in [5.41, 5.74) is 3.32. The lowest BCUT2D eigenvalue weighted by Crippen LogP contribution is -2.40. The van der Waals surface area contributed by atoms with Crippen molar-refractivity contribution >= 4 is 11.7 Å². The normalized spacial score (nSPS) is 12.3. The Labute approximate surface area is 121 Å². The molecule has 0 aliphatic heterocycles. The number of aliphatic hydroxyl groups is 1. The molecule has 21 heavy (non-hydrogen) atoms. The van der Waals surface area contributed by atoms with Crippen molar-refractivity contribution in [3.63, 3.8) is 0 Å². The number of anilines is 1. The number of nitrogens with one attached hydrogen (secondary N) is 1. The first-order valence-electron chi connectivity index (χ1n) is 6.35. The van der Waals surface area contributed by atoms with Gasteiger partial charge in [-0.05, 0) is 32.9 Å². The fourth-order valence-electron chi connectivity index (χ4n) is 1.86. The molecule has 8 heteroatoms. The van der Waals surface area contributed by atoms with E-state index in [9.17, 15) is 18.3 Å². The molecule has 0 radical (unpaired) electrons. The van der Waals surface area contributed by atoms with Crippen molar-refractivity contribution in [2.45, 2.75) is 32.5 Å². The van der Waals surface area contributed by atoms with Crippen LogP contribution in [0, 0.1) is 5.41 Å². The minimum atomic E-state index is -4.59. The lowest BCUT2D eigenvalue weighted by Gasteiger charge is -2.30. The largest absolute Gasteiger partial charge is 0.433 e. The molecule has 1 heterocycles. The topological polar surface area (TPSA) is 86.2 Å².